The highest BCUT2D eigenvalue weighted by Crippen LogP contribution is 2.37. The average molecular weight is 482 g/mol. The summed E-state index contributed by atoms with van der Waals surface area (Å²) >= 11 is 6.04. The Morgan fingerprint density at radius 1 is 1.15 bits per heavy atom. The molecule has 1 unspecified atom stereocenters. The summed E-state index contributed by atoms with van der Waals surface area (Å²) in [5.74, 6) is 0.620. The third-order valence-corrected chi connectivity index (χ3v) is 5.83. The van der Waals surface area contributed by atoms with Crippen molar-refractivity contribution in [3.8, 4) is 11.5 Å². The van der Waals surface area contributed by atoms with Gasteiger partial charge in [-0.15, -0.1) is 0 Å². The quantitative estimate of drug-likeness (QED) is 0.277. The minimum Gasteiger partial charge on any atom is -0.468 e. The Balaban J connectivity index is 1.77. The van der Waals surface area contributed by atoms with E-state index in [9.17, 15) is 14.4 Å². The molecule has 1 aliphatic rings. The molecule has 4 rings (SSSR count). The van der Waals surface area contributed by atoms with Crippen molar-refractivity contribution >= 4 is 35.8 Å². The Morgan fingerprint density at radius 2 is 1.94 bits per heavy atom. The van der Waals surface area contributed by atoms with Gasteiger partial charge in [-0.3, -0.25) is 15.1 Å². The Morgan fingerprint density at radius 3 is 2.65 bits per heavy atom. The molecule has 2 aromatic heterocycles. The predicted octanol–water partition coefficient (Wildman–Crippen LogP) is 4.21. The van der Waals surface area contributed by atoms with Gasteiger partial charge in [0.05, 0.1) is 32.6 Å². The van der Waals surface area contributed by atoms with Gasteiger partial charge in [0, 0.05) is 29.6 Å². The summed E-state index contributed by atoms with van der Waals surface area (Å²) in [6, 6.07) is 10.2. The molecule has 1 aromatic carbocycles. The molecule has 34 heavy (non-hydrogen) atoms. The van der Waals surface area contributed by atoms with Crippen LogP contribution >= 0.6 is 11.6 Å². The highest BCUT2D eigenvalue weighted by Gasteiger charge is 2.48. The lowest BCUT2D eigenvalue weighted by molar-refractivity contribution is -0.743. The highest BCUT2D eigenvalue weighted by molar-refractivity contribution is 6.30. The van der Waals surface area contributed by atoms with Gasteiger partial charge < -0.3 is 9.47 Å². The number of urea groups is 1. The van der Waals surface area contributed by atoms with Gasteiger partial charge in [0.25, 0.3) is 6.47 Å². The molecule has 0 spiro atoms. The minimum atomic E-state index is -0.541. The molecule has 0 aliphatic carbocycles. The molecule has 0 bridgehead atoms. The Bertz CT molecular complexity index is 1220. The molecule has 10 heteroatoms. The maximum Gasteiger partial charge on any atom is 0.429 e. The zero-order chi connectivity index (χ0) is 24.1. The second-order valence-corrected chi connectivity index (χ2v) is 8.33. The number of amides is 3. The van der Waals surface area contributed by atoms with E-state index >= 15 is 0 Å². The fourth-order valence-electron chi connectivity index (χ4n) is 3.74. The van der Waals surface area contributed by atoms with E-state index in [0.717, 1.165) is 5.56 Å². The maximum atomic E-state index is 13.8. The van der Waals surface area contributed by atoms with E-state index < -0.39 is 16.4 Å². The Hall–Kier alpha value is -3.82. The molecule has 174 valence electrons. The summed E-state index contributed by atoms with van der Waals surface area (Å²) in [5, 5.41) is 3.35. The van der Waals surface area contributed by atoms with E-state index in [1.54, 1.807) is 36.7 Å². The van der Waals surface area contributed by atoms with E-state index in [1.165, 1.54) is 13.2 Å². The zero-order valence-corrected chi connectivity index (χ0v) is 19.1. The highest BCUT2D eigenvalue weighted by atomic mass is 35.5. The number of hydrogen-bond acceptors (Lipinski definition) is 7. The van der Waals surface area contributed by atoms with Gasteiger partial charge in [0.15, 0.2) is 5.82 Å². The number of anilines is 1. The third-order valence-electron chi connectivity index (χ3n) is 5.57. The number of pyridine rings is 2. The Kier molecular flexibility index (Phi) is 6.85. The molecule has 0 saturated carbocycles. The number of fused-ring (bicyclic) bond motifs is 1. The van der Waals surface area contributed by atoms with Crippen molar-refractivity contribution in [2.75, 3.05) is 25.5 Å². The van der Waals surface area contributed by atoms with Crippen LogP contribution < -0.4 is 10.1 Å². The fourth-order valence-corrected chi connectivity index (χ4v) is 3.87. The van der Waals surface area contributed by atoms with Gasteiger partial charge in [-0.25, -0.2) is 14.6 Å². The molecule has 0 fully saturated rings. The summed E-state index contributed by atoms with van der Waals surface area (Å²) in [6.07, 6.45) is 5.34. The number of nitrogens with zero attached hydrogens (tertiary/aromatic N) is 3. The van der Waals surface area contributed by atoms with Crippen LogP contribution in [0.2, 0.25) is 5.02 Å². The van der Waals surface area contributed by atoms with Gasteiger partial charge in [-0.1, -0.05) is 23.7 Å². The van der Waals surface area contributed by atoms with E-state index in [-0.39, 0.29) is 24.5 Å². The van der Waals surface area contributed by atoms with Gasteiger partial charge >= 0.3 is 11.9 Å². The number of imide groups is 1. The van der Waals surface area contributed by atoms with Crippen LogP contribution in [0.15, 0.2) is 55.0 Å². The van der Waals surface area contributed by atoms with E-state index in [0.29, 0.717) is 41.4 Å². The molecule has 0 radical (unpaired) electrons. The van der Waals surface area contributed by atoms with Crippen molar-refractivity contribution in [1.29, 1.82) is 0 Å². The van der Waals surface area contributed by atoms with E-state index in [1.807, 2.05) is 12.1 Å². The van der Waals surface area contributed by atoms with Gasteiger partial charge in [0.1, 0.15) is 17.1 Å². The summed E-state index contributed by atoms with van der Waals surface area (Å²) in [5.41, 5.74) is 1.75. The van der Waals surface area contributed by atoms with E-state index in [2.05, 4.69) is 15.3 Å². The molecule has 3 heterocycles. The number of nitrogens with one attached hydrogen (secondary N) is 1. The first kappa shape index (κ1) is 23.3. The van der Waals surface area contributed by atoms with Crippen molar-refractivity contribution in [1.82, 2.24) is 9.97 Å². The van der Waals surface area contributed by atoms with E-state index in [4.69, 9.17) is 21.1 Å². The number of carbonyl (C=O) groups excluding carboxylic acids is 3. The zero-order valence-electron chi connectivity index (χ0n) is 18.4. The van der Waals surface area contributed by atoms with Crippen molar-refractivity contribution in [3.63, 3.8) is 0 Å². The van der Waals surface area contributed by atoms with Crippen LogP contribution in [0.1, 0.15) is 27.9 Å². The average Bonchev–Trinajstić information content (AvgIpc) is 2.84. The molecule has 3 amide bonds. The fraction of sp³-hybridized carbons (Fsp3) is 0.208. The maximum absolute atomic E-state index is 13.8. The monoisotopic (exact) mass is 481 g/mol. The number of hydrogen-bond donors (Lipinski definition) is 1. The normalized spacial score (nSPS) is 17.0. The summed E-state index contributed by atoms with van der Waals surface area (Å²) < 4.78 is 10.2. The first-order valence-corrected chi connectivity index (χ1v) is 10.9. The third kappa shape index (κ3) is 4.75. The molecular weight excluding hydrogens is 460 g/mol. The number of halogens is 1. The first-order chi connectivity index (χ1) is 16.4. The summed E-state index contributed by atoms with van der Waals surface area (Å²) in [4.78, 5) is 45.4. The smallest absolute Gasteiger partial charge is 0.429 e. The van der Waals surface area contributed by atoms with Crippen molar-refractivity contribution in [2.45, 2.75) is 12.8 Å². The molecule has 3 aromatic rings. The standard InChI is InChI=1S/C24H21ClN4O5/c1-29(10-3-11-33-15-30)23(31)21-19(12-16-5-7-17(25)8-6-16)20(14-27-22(21)28-24(29)32)34-18-4-2-9-26-13-18/h2,4-9,13-15H,3,10-12H2,1H3/p+1. The lowest BCUT2D eigenvalue weighted by Crippen LogP contribution is -2.59. The Labute approximate surface area is 200 Å². The lowest BCUT2D eigenvalue weighted by Gasteiger charge is -2.33. The number of quaternary nitrogens is 1. The second-order valence-electron chi connectivity index (χ2n) is 7.89. The van der Waals surface area contributed by atoms with Gasteiger partial charge in [0.2, 0.25) is 0 Å². The molecule has 0 saturated heterocycles. The van der Waals surface area contributed by atoms with Crippen LogP contribution in [0.4, 0.5) is 10.6 Å². The lowest BCUT2D eigenvalue weighted by atomic mass is 9.97. The molecule has 1 aliphatic heterocycles. The van der Waals surface area contributed by atoms with Crippen molar-refractivity contribution < 1.29 is 28.3 Å². The summed E-state index contributed by atoms with van der Waals surface area (Å²) in [7, 11) is 1.53. The van der Waals surface area contributed by atoms with Crippen LogP contribution in [0.3, 0.4) is 0 Å². The topological polar surface area (TPSA) is 107 Å². The van der Waals surface area contributed by atoms with Crippen LogP contribution in [0, 0.1) is 0 Å². The van der Waals surface area contributed by atoms with Crippen LogP contribution in [-0.4, -0.2) is 53.1 Å². The van der Waals surface area contributed by atoms with Gasteiger partial charge in [-0.05, 0) is 29.8 Å². The predicted molar refractivity (Wildman–Crippen MR) is 124 cm³/mol. The van der Waals surface area contributed by atoms with Crippen molar-refractivity contribution in [2.24, 2.45) is 0 Å². The molecule has 1 atom stereocenters. The largest absolute Gasteiger partial charge is 0.468 e. The molecular formula is C24H22ClN4O5+. The van der Waals surface area contributed by atoms with Crippen LogP contribution in [0.5, 0.6) is 11.5 Å². The number of aromatic nitrogens is 2. The number of benzene rings is 1. The van der Waals surface area contributed by atoms with Gasteiger partial charge in [-0.2, -0.15) is 4.48 Å². The second kappa shape index (κ2) is 9.98. The summed E-state index contributed by atoms with van der Waals surface area (Å²) in [6.45, 7) is 0.584. The SMILES string of the molecule is C[N+]1(CCCOC=O)C(=O)Nc2ncc(Oc3cccnc3)c(Cc3ccc(Cl)cc3)c2C1=O. The van der Waals surface area contributed by atoms with Crippen molar-refractivity contribution in [3.05, 3.63) is 76.7 Å². The van der Waals surface area contributed by atoms with Crippen LogP contribution in [-0.2, 0) is 16.0 Å². The molecule has 1 N–H and O–H groups in total. The number of ether oxygens (including phenoxy) is 2. The first-order valence-electron chi connectivity index (χ1n) is 10.5. The number of rotatable bonds is 9. The number of carbonyl (C=O) groups is 3. The minimum absolute atomic E-state index is 0.102. The molecule has 9 nitrogen and oxygen atoms in total. The van der Waals surface area contributed by atoms with Crippen LogP contribution in [0.25, 0.3) is 0 Å².